The molecule has 0 saturated carbocycles. The van der Waals surface area contributed by atoms with Crippen LogP contribution in [0.15, 0.2) is 23.1 Å². The Morgan fingerprint density at radius 3 is 2.58 bits per heavy atom. The van der Waals surface area contributed by atoms with Gasteiger partial charge in [-0.1, -0.05) is 24.7 Å². The van der Waals surface area contributed by atoms with Crippen LogP contribution in [0.25, 0.3) is 0 Å². The summed E-state index contributed by atoms with van der Waals surface area (Å²) in [5.41, 5.74) is 1.23. The second-order valence-electron chi connectivity index (χ2n) is 7.71. The zero-order valence-corrected chi connectivity index (χ0v) is 19.1. The standard InChI is InChI=1S/C20H25N5O4S2/c1-3-18-22-23-20(30-18)21-19(27)17-12-14-11-15(7-8-16(14)25(17)13(2)26)31(28,29)24-9-5-4-6-10-24/h7-8,11,17H,3-6,9-10,12H2,1-2H3,(H,21,23,27). The highest BCUT2D eigenvalue weighted by Crippen LogP contribution is 2.35. The van der Waals surface area contributed by atoms with Crippen molar-refractivity contribution in [3.8, 4) is 0 Å². The number of piperidine rings is 1. The van der Waals surface area contributed by atoms with Crippen molar-refractivity contribution in [3.05, 3.63) is 28.8 Å². The van der Waals surface area contributed by atoms with E-state index in [1.807, 2.05) is 6.92 Å². The van der Waals surface area contributed by atoms with E-state index >= 15 is 0 Å². The summed E-state index contributed by atoms with van der Waals surface area (Å²) in [6.45, 7) is 4.39. The van der Waals surface area contributed by atoms with E-state index in [1.54, 1.807) is 12.1 Å². The van der Waals surface area contributed by atoms with E-state index < -0.39 is 16.1 Å². The molecular weight excluding hydrogens is 438 g/mol. The molecule has 166 valence electrons. The number of anilines is 2. The number of benzene rings is 1. The molecule has 2 aliphatic rings. The maximum absolute atomic E-state index is 13.0. The van der Waals surface area contributed by atoms with Crippen molar-refractivity contribution in [1.82, 2.24) is 14.5 Å². The molecule has 1 aromatic carbocycles. The van der Waals surface area contributed by atoms with Gasteiger partial charge in [-0.05, 0) is 43.0 Å². The summed E-state index contributed by atoms with van der Waals surface area (Å²) < 4.78 is 27.6. The minimum Gasteiger partial charge on any atom is -0.300 e. The molecular formula is C20H25N5O4S2. The zero-order chi connectivity index (χ0) is 22.2. The Balaban J connectivity index is 1.59. The van der Waals surface area contributed by atoms with E-state index in [2.05, 4.69) is 15.5 Å². The van der Waals surface area contributed by atoms with Crippen molar-refractivity contribution in [2.24, 2.45) is 0 Å². The molecule has 1 fully saturated rings. The Morgan fingerprint density at radius 2 is 1.94 bits per heavy atom. The molecule has 11 heteroatoms. The topological polar surface area (TPSA) is 113 Å². The lowest BCUT2D eigenvalue weighted by Gasteiger charge is -2.26. The van der Waals surface area contributed by atoms with Gasteiger partial charge in [-0.2, -0.15) is 4.31 Å². The number of sulfonamides is 1. The molecule has 0 radical (unpaired) electrons. The fourth-order valence-electron chi connectivity index (χ4n) is 4.08. The SMILES string of the molecule is CCc1nnc(NC(=O)C2Cc3cc(S(=O)(=O)N4CCCCC4)ccc3N2C(C)=O)s1. The molecule has 2 amide bonds. The maximum Gasteiger partial charge on any atom is 0.249 e. The van der Waals surface area contributed by atoms with E-state index in [9.17, 15) is 18.0 Å². The van der Waals surface area contributed by atoms with Gasteiger partial charge in [0.25, 0.3) is 0 Å². The number of nitrogens with one attached hydrogen (secondary N) is 1. The van der Waals surface area contributed by atoms with E-state index in [4.69, 9.17) is 0 Å². The van der Waals surface area contributed by atoms with Gasteiger partial charge in [-0.25, -0.2) is 8.42 Å². The summed E-state index contributed by atoms with van der Waals surface area (Å²) in [6.07, 6.45) is 3.71. The molecule has 1 saturated heterocycles. The average molecular weight is 464 g/mol. The normalized spacial score (nSPS) is 19.3. The van der Waals surface area contributed by atoms with Gasteiger partial charge in [-0.3, -0.25) is 19.8 Å². The van der Waals surface area contributed by atoms with Crippen LogP contribution in [0.3, 0.4) is 0 Å². The lowest BCUT2D eigenvalue weighted by molar-refractivity contribution is -0.122. The molecule has 2 aliphatic heterocycles. The lowest BCUT2D eigenvalue weighted by atomic mass is 10.1. The maximum atomic E-state index is 13.0. The molecule has 1 unspecified atom stereocenters. The van der Waals surface area contributed by atoms with Crippen LogP contribution < -0.4 is 10.2 Å². The van der Waals surface area contributed by atoms with E-state index in [1.165, 1.54) is 33.5 Å². The second-order valence-corrected chi connectivity index (χ2v) is 10.7. The number of aryl methyl sites for hydroxylation is 1. The van der Waals surface area contributed by atoms with Gasteiger partial charge in [0.2, 0.25) is 27.0 Å². The quantitative estimate of drug-likeness (QED) is 0.727. The second kappa shape index (κ2) is 8.64. The predicted octanol–water partition coefficient (Wildman–Crippen LogP) is 2.19. The number of carbonyl (C=O) groups is 2. The smallest absolute Gasteiger partial charge is 0.249 e. The summed E-state index contributed by atoms with van der Waals surface area (Å²) in [5, 5.41) is 11.9. The van der Waals surface area contributed by atoms with Gasteiger partial charge in [0.05, 0.1) is 4.90 Å². The van der Waals surface area contributed by atoms with Crippen LogP contribution in [0, 0.1) is 0 Å². The number of fused-ring (bicyclic) bond motifs is 1. The summed E-state index contributed by atoms with van der Waals surface area (Å²) in [5.74, 6) is -0.650. The predicted molar refractivity (Wildman–Crippen MR) is 118 cm³/mol. The minimum absolute atomic E-state index is 0.203. The van der Waals surface area contributed by atoms with E-state index in [-0.39, 0.29) is 23.1 Å². The van der Waals surface area contributed by atoms with Gasteiger partial charge < -0.3 is 0 Å². The Labute approximate surface area is 185 Å². The third-order valence-corrected chi connectivity index (χ3v) is 8.51. The number of hydrogen-bond donors (Lipinski definition) is 1. The van der Waals surface area contributed by atoms with Crippen molar-refractivity contribution in [3.63, 3.8) is 0 Å². The largest absolute Gasteiger partial charge is 0.300 e. The number of aromatic nitrogens is 2. The highest BCUT2D eigenvalue weighted by atomic mass is 32.2. The molecule has 4 rings (SSSR count). The van der Waals surface area contributed by atoms with Crippen molar-refractivity contribution >= 4 is 44.0 Å². The first-order valence-corrected chi connectivity index (χ1v) is 12.6. The Bertz CT molecular complexity index is 1110. The summed E-state index contributed by atoms with van der Waals surface area (Å²) >= 11 is 1.29. The molecule has 2 aromatic rings. The van der Waals surface area contributed by atoms with Crippen LogP contribution in [0.4, 0.5) is 10.8 Å². The first-order valence-electron chi connectivity index (χ1n) is 10.4. The number of hydrogen-bond acceptors (Lipinski definition) is 7. The number of carbonyl (C=O) groups excluding carboxylic acids is 2. The molecule has 1 N–H and O–H groups in total. The van der Waals surface area contributed by atoms with Gasteiger partial charge in [0, 0.05) is 32.1 Å². The molecule has 0 spiro atoms. The first kappa shape index (κ1) is 21.8. The van der Waals surface area contributed by atoms with Crippen LogP contribution in [0.1, 0.15) is 43.7 Å². The average Bonchev–Trinajstić information content (AvgIpc) is 3.38. The summed E-state index contributed by atoms with van der Waals surface area (Å²) in [6, 6.07) is 3.98. The van der Waals surface area contributed by atoms with Crippen LogP contribution in [0.2, 0.25) is 0 Å². The molecule has 0 aliphatic carbocycles. The van der Waals surface area contributed by atoms with Gasteiger partial charge in [-0.15, -0.1) is 10.2 Å². The van der Waals surface area contributed by atoms with Crippen molar-refractivity contribution < 1.29 is 18.0 Å². The number of nitrogens with zero attached hydrogens (tertiary/aromatic N) is 4. The van der Waals surface area contributed by atoms with Crippen molar-refractivity contribution in [2.45, 2.75) is 56.9 Å². The van der Waals surface area contributed by atoms with Crippen LogP contribution >= 0.6 is 11.3 Å². The Morgan fingerprint density at radius 1 is 1.19 bits per heavy atom. The molecule has 1 atom stereocenters. The van der Waals surface area contributed by atoms with Crippen LogP contribution in [-0.4, -0.2) is 53.9 Å². The van der Waals surface area contributed by atoms with E-state index in [0.29, 0.717) is 29.5 Å². The third-order valence-electron chi connectivity index (χ3n) is 5.63. The van der Waals surface area contributed by atoms with Gasteiger partial charge in [0.1, 0.15) is 11.0 Å². The number of amides is 2. The minimum atomic E-state index is -3.60. The molecule has 3 heterocycles. The fourth-order valence-corrected chi connectivity index (χ4v) is 6.33. The summed E-state index contributed by atoms with van der Waals surface area (Å²) in [7, 11) is -3.60. The monoisotopic (exact) mass is 463 g/mol. The highest BCUT2D eigenvalue weighted by Gasteiger charge is 2.38. The van der Waals surface area contributed by atoms with Crippen molar-refractivity contribution in [2.75, 3.05) is 23.3 Å². The number of rotatable bonds is 5. The lowest BCUT2D eigenvalue weighted by Crippen LogP contribution is -2.44. The summed E-state index contributed by atoms with van der Waals surface area (Å²) in [4.78, 5) is 26.9. The Hall–Kier alpha value is -2.37. The third kappa shape index (κ3) is 4.21. The molecule has 1 aromatic heterocycles. The highest BCUT2D eigenvalue weighted by molar-refractivity contribution is 7.89. The van der Waals surface area contributed by atoms with Crippen molar-refractivity contribution in [1.29, 1.82) is 0 Å². The fraction of sp³-hybridized carbons (Fsp3) is 0.500. The molecule has 0 bridgehead atoms. The van der Waals surface area contributed by atoms with Crippen LogP contribution in [0.5, 0.6) is 0 Å². The molecule has 31 heavy (non-hydrogen) atoms. The van der Waals surface area contributed by atoms with Gasteiger partial charge >= 0.3 is 0 Å². The van der Waals surface area contributed by atoms with Crippen LogP contribution in [-0.2, 0) is 32.5 Å². The van der Waals surface area contributed by atoms with E-state index in [0.717, 1.165) is 30.7 Å². The first-order chi connectivity index (χ1) is 14.8. The zero-order valence-electron chi connectivity index (χ0n) is 17.5. The Kier molecular flexibility index (Phi) is 6.09. The molecule has 9 nitrogen and oxygen atoms in total. The van der Waals surface area contributed by atoms with Gasteiger partial charge in [0.15, 0.2) is 0 Å².